The van der Waals surface area contributed by atoms with Crippen molar-refractivity contribution in [1.29, 1.82) is 5.26 Å². The number of likely N-dealkylation sites (tertiary alicyclic amines) is 1. The summed E-state index contributed by atoms with van der Waals surface area (Å²) in [5.74, 6) is 0.294. The number of benzene rings is 1. The fourth-order valence-corrected chi connectivity index (χ4v) is 5.49. The molecule has 5 nitrogen and oxygen atoms in total. The van der Waals surface area contributed by atoms with Crippen molar-refractivity contribution in [3.8, 4) is 6.07 Å². The first-order valence-electron chi connectivity index (χ1n) is 9.96. The molecular weight excluding hydrogens is 406 g/mol. The van der Waals surface area contributed by atoms with E-state index in [1.54, 1.807) is 0 Å². The number of hydrogen-bond donors (Lipinski definition) is 1. The van der Waals surface area contributed by atoms with Gasteiger partial charge in [-0.2, -0.15) is 5.26 Å². The molecule has 27 heavy (non-hydrogen) atoms. The van der Waals surface area contributed by atoms with Crippen LogP contribution in [-0.2, 0) is 4.79 Å². The Morgan fingerprint density at radius 1 is 1.19 bits per heavy atom. The van der Waals surface area contributed by atoms with Gasteiger partial charge in [0.25, 0.3) is 0 Å². The van der Waals surface area contributed by atoms with Crippen LogP contribution in [0.3, 0.4) is 0 Å². The third kappa shape index (κ3) is 3.48. The minimum Gasteiger partial charge on any atom is -0.393 e. The van der Waals surface area contributed by atoms with E-state index in [0.29, 0.717) is 18.0 Å². The van der Waals surface area contributed by atoms with Crippen LogP contribution in [0.1, 0.15) is 50.5 Å². The van der Waals surface area contributed by atoms with Crippen molar-refractivity contribution >= 4 is 27.5 Å². The Labute approximate surface area is 169 Å². The summed E-state index contributed by atoms with van der Waals surface area (Å²) in [6, 6.07) is 8.31. The lowest BCUT2D eigenvalue weighted by molar-refractivity contribution is -0.139. The highest BCUT2D eigenvalue weighted by Gasteiger charge is 2.50. The minimum absolute atomic E-state index is 0.195. The molecule has 4 rings (SSSR count). The fourth-order valence-electron chi connectivity index (χ4n) is 5.14. The number of amides is 1. The average molecular weight is 432 g/mol. The van der Waals surface area contributed by atoms with Gasteiger partial charge < -0.3 is 14.9 Å². The molecule has 2 saturated heterocycles. The molecule has 1 saturated carbocycles. The molecule has 0 aromatic heterocycles. The molecular formula is C21H26BrN3O2. The lowest BCUT2D eigenvalue weighted by Crippen LogP contribution is -2.50. The van der Waals surface area contributed by atoms with E-state index in [9.17, 15) is 15.2 Å². The molecule has 1 aliphatic carbocycles. The zero-order chi connectivity index (χ0) is 19.0. The summed E-state index contributed by atoms with van der Waals surface area (Å²) in [5, 5.41) is 19.3. The van der Waals surface area contributed by atoms with Crippen LogP contribution in [0, 0.1) is 16.7 Å². The maximum absolute atomic E-state index is 13.4. The van der Waals surface area contributed by atoms with Gasteiger partial charge in [-0.3, -0.25) is 4.79 Å². The van der Waals surface area contributed by atoms with Gasteiger partial charge >= 0.3 is 0 Å². The number of rotatable bonds is 2. The summed E-state index contributed by atoms with van der Waals surface area (Å²) in [7, 11) is 0. The number of nitriles is 1. The first-order valence-corrected chi connectivity index (χ1v) is 10.8. The number of carbonyl (C=O) groups is 1. The van der Waals surface area contributed by atoms with E-state index >= 15 is 0 Å². The number of aliphatic hydroxyl groups excluding tert-OH is 1. The maximum Gasteiger partial charge on any atom is 0.230 e. The second-order valence-corrected chi connectivity index (χ2v) is 9.21. The lowest BCUT2D eigenvalue weighted by Gasteiger charge is -2.41. The van der Waals surface area contributed by atoms with E-state index in [2.05, 4.69) is 31.8 Å². The predicted octanol–water partition coefficient (Wildman–Crippen LogP) is 3.44. The Balaban J connectivity index is 1.54. The molecule has 3 fully saturated rings. The molecule has 1 atom stereocenters. The smallest absolute Gasteiger partial charge is 0.230 e. The summed E-state index contributed by atoms with van der Waals surface area (Å²) >= 11 is 3.51. The summed E-state index contributed by atoms with van der Waals surface area (Å²) in [5.41, 5.74) is 1.28. The second kappa shape index (κ2) is 7.44. The number of halogens is 1. The number of aliphatic hydroxyl groups is 1. The van der Waals surface area contributed by atoms with Gasteiger partial charge in [0.05, 0.1) is 22.8 Å². The van der Waals surface area contributed by atoms with Crippen molar-refractivity contribution in [2.45, 2.75) is 57.1 Å². The van der Waals surface area contributed by atoms with Gasteiger partial charge in [0, 0.05) is 30.1 Å². The molecule has 2 heterocycles. The molecule has 1 aromatic rings. The lowest BCUT2D eigenvalue weighted by atomic mass is 9.78. The highest BCUT2D eigenvalue weighted by atomic mass is 79.9. The fraction of sp³-hybridized carbons (Fsp3) is 0.619. The third-order valence-corrected chi connectivity index (χ3v) is 7.14. The van der Waals surface area contributed by atoms with Crippen LogP contribution >= 0.6 is 15.9 Å². The second-order valence-electron chi connectivity index (χ2n) is 8.29. The topological polar surface area (TPSA) is 67.6 Å². The molecule has 1 N–H and O–H groups in total. The van der Waals surface area contributed by atoms with Crippen LogP contribution in [0.25, 0.3) is 0 Å². The van der Waals surface area contributed by atoms with Crippen molar-refractivity contribution in [2.24, 2.45) is 5.41 Å². The van der Waals surface area contributed by atoms with Gasteiger partial charge in [-0.15, -0.1) is 0 Å². The molecule has 3 aliphatic rings. The third-order valence-electron chi connectivity index (χ3n) is 6.65. The number of carbonyl (C=O) groups excluding carboxylic acids is 1. The molecule has 2 aliphatic heterocycles. The molecule has 1 amide bonds. The van der Waals surface area contributed by atoms with Crippen LogP contribution < -0.4 is 4.90 Å². The first kappa shape index (κ1) is 18.8. The Hall–Kier alpha value is -1.58. The van der Waals surface area contributed by atoms with Gasteiger partial charge in [-0.25, -0.2) is 0 Å². The molecule has 1 spiro atoms. The van der Waals surface area contributed by atoms with Crippen molar-refractivity contribution < 1.29 is 9.90 Å². The highest BCUT2D eigenvalue weighted by molar-refractivity contribution is 9.10. The van der Waals surface area contributed by atoms with E-state index in [1.807, 2.05) is 18.2 Å². The number of anilines is 1. The summed E-state index contributed by atoms with van der Waals surface area (Å²) < 4.78 is 0.955. The average Bonchev–Trinajstić information content (AvgIpc) is 2.98. The SMILES string of the molecule is N#Cc1ccc(Br)cc1N1CCC[C@]2(CCN(C3CCC(O)CC3)C2=O)C1. The number of nitrogens with zero attached hydrogens (tertiary/aromatic N) is 3. The summed E-state index contributed by atoms with van der Waals surface area (Å²) in [6.07, 6.45) is 6.04. The van der Waals surface area contributed by atoms with E-state index in [-0.39, 0.29) is 17.6 Å². The Kier molecular flexibility index (Phi) is 5.17. The normalized spacial score (nSPS) is 31.4. The van der Waals surface area contributed by atoms with Gasteiger partial charge in [-0.1, -0.05) is 15.9 Å². The molecule has 0 radical (unpaired) electrons. The highest BCUT2D eigenvalue weighted by Crippen LogP contribution is 2.44. The molecule has 6 heteroatoms. The molecule has 0 unspecified atom stereocenters. The summed E-state index contributed by atoms with van der Waals surface area (Å²) in [6.45, 7) is 2.41. The molecule has 0 bridgehead atoms. The Morgan fingerprint density at radius 3 is 2.70 bits per heavy atom. The quantitative estimate of drug-likeness (QED) is 0.778. The van der Waals surface area contributed by atoms with E-state index < -0.39 is 0 Å². The van der Waals surface area contributed by atoms with Crippen molar-refractivity contribution in [1.82, 2.24) is 4.90 Å². The number of hydrogen-bond acceptors (Lipinski definition) is 4. The van der Waals surface area contributed by atoms with Gasteiger partial charge in [-0.05, 0) is 63.1 Å². The maximum atomic E-state index is 13.4. The summed E-state index contributed by atoms with van der Waals surface area (Å²) in [4.78, 5) is 17.8. The van der Waals surface area contributed by atoms with Crippen LogP contribution in [0.15, 0.2) is 22.7 Å². The first-order chi connectivity index (χ1) is 13.0. The zero-order valence-electron chi connectivity index (χ0n) is 15.5. The molecule has 144 valence electrons. The Morgan fingerprint density at radius 2 is 1.96 bits per heavy atom. The zero-order valence-corrected chi connectivity index (χ0v) is 17.1. The van der Waals surface area contributed by atoms with Crippen molar-refractivity contribution in [3.63, 3.8) is 0 Å². The largest absolute Gasteiger partial charge is 0.393 e. The van der Waals surface area contributed by atoms with Crippen LogP contribution in [0.5, 0.6) is 0 Å². The van der Waals surface area contributed by atoms with E-state index in [0.717, 1.165) is 68.2 Å². The van der Waals surface area contributed by atoms with Crippen molar-refractivity contribution in [2.75, 3.05) is 24.5 Å². The van der Waals surface area contributed by atoms with Gasteiger partial charge in [0.2, 0.25) is 5.91 Å². The minimum atomic E-state index is -0.316. The monoisotopic (exact) mass is 431 g/mol. The van der Waals surface area contributed by atoms with Crippen LogP contribution in [0.4, 0.5) is 5.69 Å². The Bertz CT molecular complexity index is 769. The van der Waals surface area contributed by atoms with E-state index in [4.69, 9.17) is 0 Å². The van der Waals surface area contributed by atoms with Gasteiger partial charge in [0.1, 0.15) is 6.07 Å². The van der Waals surface area contributed by atoms with Crippen molar-refractivity contribution in [3.05, 3.63) is 28.2 Å². The molecule has 1 aromatic carbocycles. The van der Waals surface area contributed by atoms with Gasteiger partial charge in [0.15, 0.2) is 0 Å². The number of piperidine rings is 1. The van der Waals surface area contributed by atoms with E-state index in [1.165, 1.54) is 0 Å². The predicted molar refractivity (Wildman–Crippen MR) is 107 cm³/mol. The standard InChI is InChI=1S/C21H26BrN3O2/c22-16-3-2-15(13-23)19(12-16)24-10-1-8-21(14-24)9-11-25(20(21)27)17-4-6-18(26)7-5-17/h2-3,12,17-18,26H,1,4-11,14H2/t17?,18?,21-/m0/s1. The van der Waals surface area contributed by atoms with Crippen LogP contribution in [0.2, 0.25) is 0 Å². The van der Waals surface area contributed by atoms with Crippen LogP contribution in [-0.4, -0.2) is 47.7 Å².